The number of nitrogens with one attached hydrogen (secondary N) is 1. The summed E-state index contributed by atoms with van der Waals surface area (Å²) in [6.07, 6.45) is 0.975. The summed E-state index contributed by atoms with van der Waals surface area (Å²) in [6, 6.07) is 11.7. The molecular formula is C21H25ClN2O2. The van der Waals surface area contributed by atoms with Gasteiger partial charge < -0.3 is 4.74 Å². The zero-order chi connectivity index (χ0) is 19.1. The number of aryl methyl sites for hydroxylation is 3. The van der Waals surface area contributed by atoms with Crippen molar-refractivity contribution < 1.29 is 9.53 Å². The lowest BCUT2D eigenvalue weighted by Crippen LogP contribution is -2.20. The number of rotatable bonds is 7. The van der Waals surface area contributed by atoms with Crippen molar-refractivity contribution in [2.75, 3.05) is 6.61 Å². The number of nitrogens with zero attached hydrogens (tertiary/aromatic N) is 1. The highest BCUT2D eigenvalue weighted by atomic mass is 35.5. The Balaban J connectivity index is 1.78. The third-order valence-electron chi connectivity index (χ3n) is 4.06. The zero-order valence-corrected chi connectivity index (χ0v) is 16.5. The van der Waals surface area contributed by atoms with E-state index in [0.29, 0.717) is 24.5 Å². The van der Waals surface area contributed by atoms with Gasteiger partial charge in [-0.25, -0.2) is 5.43 Å². The van der Waals surface area contributed by atoms with Gasteiger partial charge in [0.2, 0.25) is 5.91 Å². The molecule has 2 aromatic carbocycles. The molecule has 0 aromatic heterocycles. The van der Waals surface area contributed by atoms with E-state index in [2.05, 4.69) is 23.5 Å². The van der Waals surface area contributed by atoms with Crippen molar-refractivity contribution in [3.8, 4) is 5.75 Å². The molecule has 0 spiro atoms. The summed E-state index contributed by atoms with van der Waals surface area (Å²) in [5.41, 5.74) is 7.79. The molecule has 138 valence electrons. The average molecular weight is 373 g/mol. The molecule has 4 nitrogen and oxygen atoms in total. The van der Waals surface area contributed by atoms with Crippen LogP contribution in [0.4, 0.5) is 0 Å². The topological polar surface area (TPSA) is 50.7 Å². The van der Waals surface area contributed by atoms with Crippen molar-refractivity contribution in [2.45, 2.75) is 40.5 Å². The molecule has 0 aliphatic heterocycles. The standard InChI is InChI=1S/C21H25ClN2O2/c1-14-7-9-19(15(2)12-14)17(4)23-24-21(25)6-5-11-26-20-10-8-18(22)13-16(20)3/h7-10,12-13H,5-6,11H2,1-4H3,(H,24,25)/b23-17+. The Morgan fingerprint density at radius 2 is 1.88 bits per heavy atom. The van der Waals surface area contributed by atoms with Gasteiger partial charge in [0.1, 0.15) is 5.75 Å². The van der Waals surface area contributed by atoms with Gasteiger partial charge in [0.15, 0.2) is 0 Å². The Kier molecular flexibility index (Phi) is 7.22. The van der Waals surface area contributed by atoms with E-state index in [4.69, 9.17) is 16.3 Å². The van der Waals surface area contributed by atoms with Crippen LogP contribution in [0.2, 0.25) is 5.02 Å². The SMILES string of the molecule is C/C(=N\NC(=O)CCCOc1ccc(Cl)cc1C)c1ccc(C)cc1C. The minimum Gasteiger partial charge on any atom is -0.493 e. The Labute approximate surface area is 160 Å². The van der Waals surface area contributed by atoms with E-state index in [1.165, 1.54) is 5.56 Å². The monoisotopic (exact) mass is 372 g/mol. The highest BCUT2D eigenvalue weighted by Crippen LogP contribution is 2.21. The quantitative estimate of drug-likeness (QED) is 0.424. The second-order valence-electron chi connectivity index (χ2n) is 6.41. The van der Waals surface area contributed by atoms with Crippen LogP contribution in [0.25, 0.3) is 0 Å². The molecule has 26 heavy (non-hydrogen) atoms. The number of hydrazone groups is 1. The van der Waals surface area contributed by atoms with Crippen molar-refractivity contribution in [3.63, 3.8) is 0 Å². The first-order valence-corrected chi connectivity index (χ1v) is 9.04. The van der Waals surface area contributed by atoms with E-state index in [1.54, 1.807) is 6.07 Å². The average Bonchev–Trinajstić information content (AvgIpc) is 2.58. The number of hydrogen-bond acceptors (Lipinski definition) is 3. The lowest BCUT2D eigenvalue weighted by atomic mass is 10.0. The van der Waals surface area contributed by atoms with Crippen molar-refractivity contribution in [1.29, 1.82) is 0 Å². The summed E-state index contributed by atoms with van der Waals surface area (Å²) in [5.74, 6) is 0.670. The molecule has 0 aliphatic carbocycles. The molecule has 0 atom stereocenters. The van der Waals surface area contributed by atoms with Gasteiger partial charge in [-0.2, -0.15) is 5.10 Å². The van der Waals surface area contributed by atoms with E-state index in [-0.39, 0.29) is 5.91 Å². The number of ether oxygens (including phenoxy) is 1. The maximum absolute atomic E-state index is 11.9. The zero-order valence-electron chi connectivity index (χ0n) is 15.7. The van der Waals surface area contributed by atoms with Gasteiger partial charge in [-0.1, -0.05) is 35.4 Å². The first-order valence-electron chi connectivity index (χ1n) is 8.66. The van der Waals surface area contributed by atoms with Crippen LogP contribution in [0.5, 0.6) is 5.75 Å². The molecule has 0 radical (unpaired) electrons. The fraction of sp³-hybridized carbons (Fsp3) is 0.333. The van der Waals surface area contributed by atoms with Crippen LogP contribution in [0.1, 0.15) is 42.0 Å². The van der Waals surface area contributed by atoms with Gasteiger partial charge in [-0.05, 0) is 63.4 Å². The summed E-state index contributed by atoms with van der Waals surface area (Å²) < 4.78 is 5.69. The van der Waals surface area contributed by atoms with Crippen LogP contribution >= 0.6 is 11.6 Å². The molecule has 5 heteroatoms. The largest absolute Gasteiger partial charge is 0.493 e. The highest BCUT2D eigenvalue weighted by Gasteiger charge is 2.05. The molecule has 0 saturated heterocycles. The van der Waals surface area contributed by atoms with Gasteiger partial charge in [0.25, 0.3) is 0 Å². The molecule has 0 saturated carbocycles. The number of benzene rings is 2. The Morgan fingerprint density at radius 3 is 2.58 bits per heavy atom. The van der Waals surface area contributed by atoms with Crippen LogP contribution in [0.3, 0.4) is 0 Å². The van der Waals surface area contributed by atoms with Gasteiger partial charge in [-0.15, -0.1) is 0 Å². The lowest BCUT2D eigenvalue weighted by Gasteiger charge is -2.09. The van der Waals surface area contributed by atoms with Gasteiger partial charge in [0, 0.05) is 17.0 Å². The Hall–Kier alpha value is -2.33. The summed E-state index contributed by atoms with van der Waals surface area (Å²) >= 11 is 5.92. The van der Waals surface area contributed by atoms with Crippen molar-refractivity contribution in [1.82, 2.24) is 5.43 Å². The predicted molar refractivity (Wildman–Crippen MR) is 107 cm³/mol. The first kappa shape index (κ1) is 20.0. The summed E-state index contributed by atoms with van der Waals surface area (Å²) in [5, 5.41) is 4.89. The van der Waals surface area contributed by atoms with Crippen LogP contribution in [-0.2, 0) is 4.79 Å². The summed E-state index contributed by atoms with van der Waals surface area (Å²) in [7, 11) is 0. The molecule has 0 fully saturated rings. The van der Waals surface area contributed by atoms with Gasteiger partial charge in [-0.3, -0.25) is 4.79 Å². The fourth-order valence-corrected chi connectivity index (χ4v) is 2.90. The highest BCUT2D eigenvalue weighted by molar-refractivity contribution is 6.30. The van der Waals surface area contributed by atoms with Crippen molar-refractivity contribution >= 4 is 23.2 Å². The smallest absolute Gasteiger partial charge is 0.240 e. The third-order valence-corrected chi connectivity index (χ3v) is 4.30. The van der Waals surface area contributed by atoms with Crippen LogP contribution < -0.4 is 10.2 Å². The molecule has 1 amide bonds. The summed E-state index contributed by atoms with van der Waals surface area (Å²) in [6.45, 7) is 8.40. The van der Waals surface area contributed by atoms with Gasteiger partial charge in [0.05, 0.1) is 12.3 Å². The van der Waals surface area contributed by atoms with E-state index >= 15 is 0 Å². The number of carbonyl (C=O) groups excluding carboxylic acids is 1. The maximum atomic E-state index is 11.9. The van der Waals surface area contributed by atoms with Crippen LogP contribution in [0.15, 0.2) is 41.5 Å². The molecule has 0 aliphatic rings. The van der Waals surface area contributed by atoms with Crippen LogP contribution in [0, 0.1) is 20.8 Å². The van der Waals surface area contributed by atoms with Crippen molar-refractivity contribution in [2.24, 2.45) is 5.10 Å². The lowest BCUT2D eigenvalue weighted by molar-refractivity contribution is -0.121. The minimum atomic E-state index is -0.120. The second kappa shape index (κ2) is 9.39. The Morgan fingerprint density at radius 1 is 1.12 bits per heavy atom. The Bertz CT molecular complexity index is 816. The molecule has 0 unspecified atom stereocenters. The van der Waals surface area contributed by atoms with Crippen LogP contribution in [-0.4, -0.2) is 18.2 Å². The van der Waals surface area contributed by atoms with Gasteiger partial charge >= 0.3 is 0 Å². The minimum absolute atomic E-state index is 0.120. The molecule has 1 N–H and O–H groups in total. The normalized spacial score (nSPS) is 11.3. The molecular weight excluding hydrogens is 348 g/mol. The molecule has 2 rings (SSSR count). The van der Waals surface area contributed by atoms with E-state index in [1.807, 2.05) is 45.0 Å². The van der Waals surface area contributed by atoms with E-state index in [0.717, 1.165) is 28.2 Å². The summed E-state index contributed by atoms with van der Waals surface area (Å²) in [4.78, 5) is 11.9. The molecule has 2 aromatic rings. The second-order valence-corrected chi connectivity index (χ2v) is 6.85. The predicted octanol–water partition coefficient (Wildman–Crippen LogP) is 4.96. The number of hydrogen-bond donors (Lipinski definition) is 1. The van der Waals surface area contributed by atoms with Crippen molar-refractivity contribution in [3.05, 3.63) is 63.7 Å². The van der Waals surface area contributed by atoms with E-state index in [9.17, 15) is 4.79 Å². The number of carbonyl (C=O) groups is 1. The molecule has 0 heterocycles. The number of halogens is 1. The number of amides is 1. The fourth-order valence-electron chi connectivity index (χ4n) is 2.67. The molecule has 0 bridgehead atoms. The van der Waals surface area contributed by atoms with E-state index < -0.39 is 0 Å². The third kappa shape index (κ3) is 5.88. The maximum Gasteiger partial charge on any atom is 0.240 e. The first-order chi connectivity index (χ1) is 12.4.